The van der Waals surface area contributed by atoms with Gasteiger partial charge in [-0.1, -0.05) is 0 Å². The predicted octanol–water partition coefficient (Wildman–Crippen LogP) is -1.43. The Labute approximate surface area is 57.7 Å². The molecule has 0 aliphatic heterocycles. The number of aliphatic hydroxyl groups is 1. The lowest BCUT2D eigenvalue weighted by molar-refractivity contribution is -0.141. The number of nitrogens with one attached hydrogen (secondary N) is 1. The van der Waals surface area contributed by atoms with E-state index in [4.69, 9.17) is 10.2 Å². The molecule has 1 atom stereocenters. The Kier molecular flexibility index (Phi) is 3.42. The molecule has 0 aromatic carbocycles. The van der Waals surface area contributed by atoms with Gasteiger partial charge in [-0.15, -0.1) is 0 Å². The van der Waals surface area contributed by atoms with Gasteiger partial charge in [-0.2, -0.15) is 0 Å². The van der Waals surface area contributed by atoms with E-state index in [1.165, 1.54) is 6.92 Å². The molecular weight excluding hydrogens is 138 g/mol. The molecule has 0 aliphatic carbocycles. The summed E-state index contributed by atoms with van der Waals surface area (Å²) in [7, 11) is 0. The highest BCUT2D eigenvalue weighted by Gasteiger charge is 2.11. The molecule has 58 valence electrons. The van der Waals surface area contributed by atoms with Gasteiger partial charge in [-0.05, 0) is 6.92 Å². The molecule has 0 unspecified atom stereocenters. The normalized spacial score (nSPS) is 12.2. The third-order valence-electron chi connectivity index (χ3n) is 0.892. The number of carbonyl (C=O) groups is 2. The molecule has 0 heterocycles. The second-order valence-electron chi connectivity index (χ2n) is 1.79. The number of aliphatic hydroxyl groups excluding tert-OH is 1. The van der Waals surface area contributed by atoms with Crippen LogP contribution >= 0.6 is 0 Å². The molecule has 5 nitrogen and oxygen atoms in total. The summed E-state index contributed by atoms with van der Waals surface area (Å²) in [5.41, 5.74) is 0. The van der Waals surface area contributed by atoms with Gasteiger partial charge >= 0.3 is 5.97 Å². The Bertz CT molecular complexity index is 145. The van der Waals surface area contributed by atoms with Crippen LogP contribution in [0.1, 0.15) is 6.92 Å². The number of rotatable bonds is 3. The molecule has 10 heavy (non-hydrogen) atoms. The van der Waals surface area contributed by atoms with Crippen molar-refractivity contribution in [2.24, 2.45) is 0 Å². The molecule has 5 heteroatoms. The average Bonchev–Trinajstić information content (AvgIpc) is 1.87. The van der Waals surface area contributed by atoms with E-state index in [0.717, 1.165) is 0 Å². The second-order valence-corrected chi connectivity index (χ2v) is 1.79. The van der Waals surface area contributed by atoms with E-state index in [1.54, 1.807) is 0 Å². The largest absolute Gasteiger partial charge is 0.480 e. The first-order valence-electron chi connectivity index (χ1n) is 2.71. The molecule has 0 radical (unpaired) electrons. The Balaban J connectivity index is 3.68. The topological polar surface area (TPSA) is 86.6 Å². The summed E-state index contributed by atoms with van der Waals surface area (Å²) in [6.45, 7) is 0.632. The van der Waals surface area contributed by atoms with Crippen molar-refractivity contribution in [2.75, 3.05) is 6.61 Å². The molecule has 1 amide bonds. The molecule has 0 rings (SSSR count). The summed E-state index contributed by atoms with van der Waals surface area (Å²) in [6.07, 6.45) is 0. The van der Waals surface area contributed by atoms with Crippen molar-refractivity contribution in [3.05, 3.63) is 0 Å². The van der Waals surface area contributed by atoms with E-state index in [9.17, 15) is 9.59 Å². The van der Waals surface area contributed by atoms with Gasteiger partial charge < -0.3 is 15.5 Å². The lowest BCUT2D eigenvalue weighted by Crippen LogP contribution is -2.39. The van der Waals surface area contributed by atoms with Crippen molar-refractivity contribution in [2.45, 2.75) is 13.0 Å². The number of carboxylic acids is 1. The van der Waals surface area contributed by atoms with Crippen LogP contribution < -0.4 is 5.32 Å². The average molecular weight is 147 g/mol. The fourth-order valence-electron chi connectivity index (χ4n) is 0.349. The van der Waals surface area contributed by atoms with Gasteiger partial charge in [0.15, 0.2) is 0 Å². The van der Waals surface area contributed by atoms with E-state index in [2.05, 4.69) is 0 Å². The van der Waals surface area contributed by atoms with Crippen molar-refractivity contribution in [3.63, 3.8) is 0 Å². The van der Waals surface area contributed by atoms with Gasteiger partial charge in [0.1, 0.15) is 12.6 Å². The zero-order valence-electron chi connectivity index (χ0n) is 5.50. The van der Waals surface area contributed by atoms with Gasteiger partial charge in [-0.3, -0.25) is 9.59 Å². The van der Waals surface area contributed by atoms with E-state index in [1.807, 2.05) is 5.32 Å². The maximum atomic E-state index is 10.3. The SMILES string of the molecule is C[C@H](NC(=O)CO)C(=O)O. The molecule has 0 saturated heterocycles. The fourth-order valence-corrected chi connectivity index (χ4v) is 0.349. The molecule has 0 aromatic rings. The minimum Gasteiger partial charge on any atom is -0.480 e. The Morgan fingerprint density at radius 1 is 1.60 bits per heavy atom. The van der Waals surface area contributed by atoms with Crippen molar-refractivity contribution in [1.82, 2.24) is 5.32 Å². The molecule has 0 aliphatic rings. The minimum atomic E-state index is -1.12. The highest BCUT2D eigenvalue weighted by Crippen LogP contribution is 1.79. The maximum Gasteiger partial charge on any atom is 0.325 e. The molecule has 0 spiro atoms. The van der Waals surface area contributed by atoms with Gasteiger partial charge in [0.2, 0.25) is 5.91 Å². The molecule has 0 bridgehead atoms. The number of amides is 1. The van der Waals surface area contributed by atoms with E-state index < -0.39 is 24.5 Å². The third kappa shape index (κ3) is 3.03. The van der Waals surface area contributed by atoms with Gasteiger partial charge in [-0.25, -0.2) is 0 Å². The smallest absolute Gasteiger partial charge is 0.325 e. The van der Waals surface area contributed by atoms with Crippen LogP contribution in [0.15, 0.2) is 0 Å². The highest BCUT2D eigenvalue weighted by molar-refractivity contribution is 5.83. The van der Waals surface area contributed by atoms with Gasteiger partial charge in [0, 0.05) is 0 Å². The first kappa shape index (κ1) is 8.90. The Hall–Kier alpha value is -1.10. The number of hydrogen-bond donors (Lipinski definition) is 3. The molecule has 0 fully saturated rings. The standard InChI is InChI=1S/C5H9NO4/c1-3(5(9)10)6-4(8)2-7/h3,7H,2H2,1H3,(H,6,8)(H,9,10)/t3-/m0/s1. The van der Waals surface area contributed by atoms with E-state index >= 15 is 0 Å². The van der Waals surface area contributed by atoms with Crippen molar-refractivity contribution in [1.29, 1.82) is 0 Å². The van der Waals surface area contributed by atoms with Crippen LogP contribution in [-0.4, -0.2) is 34.7 Å². The molecule has 0 aromatic heterocycles. The third-order valence-corrected chi connectivity index (χ3v) is 0.892. The molecular formula is C5H9NO4. The monoisotopic (exact) mass is 147 g/mol. The zero-order chi connectivity index (χ0) is 8.15. The summed E-state index contributed by atoms with van der Waals surface area (Å²) >= 11 is 0. The Morgan fingerprint density at radius 3 is 2.40 bits per heavy atom. The first-order chi connectivity index (χ1) is 4.57. The molecule has 3 N–H and O–H groups in total. The Morgan fingerprint density at radius 2 is 2.10 bits per heavy atom. The summed E-state index contributed by atoms with van der Waals surface area (Å²) in [4.78, 5) is 20.4. The first-order valence-corrected chi connectivity index (χ1v) is 2.71. The number of carbonyl (C=O) groups excluding carboxylic acids is 1. The van der Waals surface area contributed by atoms with Crippen molar-refractivity contribution in [3.8, 4) is 0 Å². The summed E-state index contributed by atoms with van der Waals surface area (Å²) < 4.78 is 0. The van der Waals surface area contributed by atoms with Crippen LogP contribution in [0.3, 0.4) is 0 Å². The maximum absolute atomic E-state index is 10.3. The highest BCUT2D eigenvalue weighted by atomic mass is 16.4. The summed E-state index contributed by atoms with van der Waals surface area (Å²) in [5, 5.41) is 18.4. The van der Waals surface area contributed by atoms with Gasteiger partial charge in [0.05, 0.1) is 0 Å². The van der Waals surface area contributed by atoms with Crippen LogP contribution in [0.5, 0.6) is 0 Å². The molecule has 0 saturated carbocycles. The van der Waals surface area contributed by atoms with Crippen LogP contribution in [0.2, 0.25) is 0 Å². The van der Waals surface area contributed by atoms with Crippen LogP contribution in [0.25, 0.3) is 0 Å². The fraction of sp³-hybridized carbons (Fsp3) is 0.600. The van der Waals surface area contributed by atoms with Crippen LogP contribution in [-0.2, 0) is 9.59 Å². The summed E-state index contributed by atoms with van der Waals surface area (Å²) in [6, 6.07) is -0.945. The van der Waals surface area contributed by atoms with Crippen LogP contribution in [0.4, 0.5) is 0 Å². The van der Waals surface area contributed by atoms with E-state index in [0.29, 0.717) is 0 Å². The van der Waals surface area contributed by atoms with E-state index in [-0.39, 0.29) is 0 Å². The van der Waals surface area contributed by atoms with Gasteiger partial charge in [0.25, 0.3) is 0 Å². The quantitative estimate of drug-likeness (QED) is 0.456. The lowest BCUT2D eigenvalue weighted by atomic mass is 10.3. The van der Waals surface area contributed by atoms with Crippen molar-refractivity contribution < 1.29 is 19.8 Å². The zero-order valence-corrected chi connectivity index (χ0v) is 5.50. The lowest BCUT2D eigenvalue weighted by Gasteiger charge is -2.05. The second kappa shape index (κ2) is 3.84. The number of carboxylic acid groups (broad SMARTS) is 1. The number of aliphatic carboxylic acids is 1. The minimum absolute atomic E-state index is 0.683. The number of hydrogen-bond acceptors (Lipinski definition) is 3. The predicted molar refractivity (Wildman–Crippen MR) is 32.3 cm³/mol. The summed E-state index contributed by atoms with van der Waals surface area (Å²) in [5.74, 6) is -1.81. The van der Waals surface area contributed by atoms with Crippen molar-refractivity contribution >= 4 is 11.9 Å². The van der Waals surface area contributed by atoms with Crippen LogP contribution in [0, 0.1) is 0 Å².